The van der Waals surface area contributed by atoms with Gasteiger partial charge >= 0.3 is 0 Å². The van der Waals surface area contributed by atoms with E-state index in [2.05, 4.69) is 12.3 Å². The number of benzene rings is 1. The minimum atomic E-state index is 0.935. The van der Waals surface area contributed by atoms with Crippen LogP contribution in [-0.2, 0) is 6.42 Å². The van der Waals surface area contributed by atoms with Gasteiger partial charge in [0.15, 0.2) is 6.26 Å². The van der Waals surface area contributed by atoms with Crippen LogP contribution >= 0.6 is 0 Å². The molecule has 1 nitrogen and oxygen atoms in total. The smallest absolute Gasteiger partial charge is 0.165 e. The molecule has 1 aromatic carbocycles. The van der Waals surface area contributed by atoms with Crippen LogP contribution in [0, 0.1) is 6.26 Å². The lowest BCUT2D eigenvalue weighted by Crippen LogP contribution is -1.95. The summed E-state index contributed by atoms with van der Waals surface area (Å²) >= 11 is 0. The number of fused-ring (bicyclic) bond motifs is 1. The van der Waals surface area contributed by atoms with Gasteiger partial charge in [-0.05, 0) is 24.1 Å². The van der Waals surface area contributed by atoms with E-state index in [1.165, 1.54) is 5.56 Å². The van der Waals surface area contributed by atoms with Crippen molar-refractivity contribution in [2.45, 2.75) is 6.42 Å². The molecule has 1 radical (unpaired) electrons. The molecule has 0 saturated heterocycles. The molecular formula is C9H7O. The Morgan fingerprint density at radius 3 is 3.10 bits per heavy atom. The van der Waals surface area contributed by atoms with Crippen LogP contribution in [0.2, 0.25) is 0 Å². The first-order valence-electron chi connectivity index (χ1n) is 3.29. The van der Waals surface area contributed by atoms with Gasteiger partial charge < -0.3 is 4.74 Å². The highest BCUT2D eigenvalue weighted by molar-refractivity contribution is 5.36. The Morgan fingerprint density at radius 2 is 2.20 bits per heavy atom. The van der Waals surface area contributed by atoms with Crippen molar-refractivity contribution in [1.29, 1.82) is 0 Å². The molecule has 10 heavy (non-hydrogen) atoms. The van der Waals surface area contributed by atoms with Gasteiger partial charge in [0.25, 0.3) is 0 Å². The van der Waals surface area contributed by atoms with Crippen molar-refractivity contribution in [3.8, 4) is 5.75 Å². The summed E-state index contributed by atoms with van der Waals surface area (Å²) < 4.78 is 5.12. The van der Waals surface area contributed by atoms with Crippen LogP contribution in [0.25, 0.3) is 0 Å². The number of hydrogen-bond acceptors (Lipinski definition) is 1. The van der Waals surface area contributed by atoms with E-state index in [9.17, 15) is 0 Å². The molecule has 1 aliphatic rings. The van der Waals surface area contributed by atoms with Crippen molar-refractivity contribution in [1.82, 2.24) is 0 Å². The number of rotatable bonds is 0. The van der Waals surface area contributed by atoms with Gasteiger partial charge in [-0.3, -0.25) is 0 Å². The second-order valence-electron chi connectivity index (χ2n) is 2.24. The first-order valence-corrected chi connectivity index (χ1v) is 3.29. The van der Waals surface area contributed by atoms with Gasteiger partial charge in [-0.2, -0.15) is 0 Å². The van der Waals surface area contributed by atoms with Crippen molar-refractivity contribution >= 4 is 0 Å². The molecule has 0 amide bonds. The van der Waals surface area contributed by atoms with Gasteiger partial charge in [0.05, 0.1) is 0 Å². The summed E-state index contributed by atoms with van der Waals surface area (Å²) in [7, 11) is 0. The maximum Gasteiger partial charge on any atom is 0.165 e. The Hall–Kier alpha value is -1.24. The largest absolute Gasteiger partial charge is 0.453 e. The summed E-state index contributed by atoms with van der Waals surface area (Å²) in [6.07, 6.45) is 5.55. The summed E-state index contributed by atoms with van der Waals surface area (Å²) in [5.74, 6) is 0.935. The first-order chi connectivity index (χ1) is 4.97. The van der Waals surface area contributed by atoms with Crippen molar-refractivity contribution in [2.24, 2.45) is 0 Å². The Morgan fingerprint density at radius 1 is 1.30 bits per heavy atom. The third-order valence-corrected chi connectivity index (χ3v) is 1.55. The van der Waals surface area contributed by atoms with Gasteiger partial charge in [0.2, 0.25) is 0 Å². The highest BCUT2D eigenvalue weighted by Crippen LogP contribution is 2.21. The summed E-state index contributed by atoms with van der Waals surface area (Å²) in [4.78, 5) is 0. The third kappa shape index (κ3) is 0.798. The summed E-state index contributed by atoms with van der Waals surface area (Å²) in [5, 5.41) is 0. The lowest BCUT2D eigenvalue weighted by Gasteiger charge is -2.08. The second kappa shape index (κ2) is 2.18. The molecule has 0 unspecified atom stereocenters. The predicted molar refractivity (Wildman–Crippen MR) is 38.6 cm³/mol. The van der Waals surface area contributed by atoms with Crippen molar-refractivity contribution < 1.29 is 4.74 Å². The van der Waals surface area contributed by atoms with Crippen LogP contribution in [0.4, 0.5) is 0 Å². The van der Waals surface area contributed by atoms with E-state index in [4.69, 9.17) is 4.74 Å². The summed E-state index contributed by atoms with van der Waals surface area (Å²) in [5.41, 5.74) is 1.24. The third-order valence-electron chi connectivity index (χ3n) is 1.55. The Balaban J connectivity index is 2.47. The molecule has 0 fully saturated rings. The van der Waals surface area contributed by atoms with Gasteiger partial charge in [0, 0.05) is 0 Å². The zero-order valence-corrected chi connectivity index (χ0v) is 5.50. The number of allylic oxidation sites excluding steroid dienone is 1. The number of ether oxygens (including phenoxy) is 1. The quantitative estimate of drug-likeness (QED) is 0.522. The molecular weight excluding hydrogens is 124 g/mol. The van der Waals surface area contributed by atoms with E-state index in [-0.39, 0.29) is 0 Å². The molecule has 0 aliphatic carbocycles. The molecule has 0 bridgehead atoms. The zero-order valence-electron chi connectivity index (χ0n) is 5.50. The predicted octanol–water partition coefficient (Wildman–Crippen LogP) is 1.94. The molecule has 0 atom stereocenters. The molecule has 1 aliphatic heterocycles. The minimum Gasteiger partial charge on any atom is -0.453 e. The number of hydrogen-bond donors (Lipinski definition) is 0. The van der Waals surface area contributed by atoms with Crippen LogP contribution < -0.4 is 4.74 Å². The van der Waals surface area contributed by atoms with Crippen molar-refractivity contribution in [3.63, 3.8) is 0 Å². The van der Waals surface area contributed by atoms with Crippen LogP contribution in [0.3, 0.4) is 0 Å². The Bertz CT molecular complexity index is 236. The Kier molecular flexibility index (Phi) is 1.21. The van der Waals surface area contributed by atoms with E-state index >= 15 is 0 Å². The van der Waals surface area contributed by atoms with Gasteiger partial charge in [-0.1, -0.05) is 18.2 Å². The first kappa shape index (κ1) is 5.54. The van der Waals surface area contributed by atoms with Gasteiger partial charge in [-0.15, -0.1) is 0 Å². The molecule has 49 valence electrons. The fraction of sp³-hybridized carbons (Fsp3) is 0.111. The molecule has 0 spiro atoms. The topological polar surface area (TPSA) is 9.23 Å². The molecule has 0 N–H and O–H groups in total. The molecule has 0 aromatic heterocycles. The van der Waals surface area contributed by atoms with E-state index in [0.717, 1.165) is 12.2 Å². The van der Waals surface area contributed by atoms with E-state index in [0.29, 0.717) is 0 Å². The highest BCUT2D eigenvalue weighted by Gasteiger charge is 2.03. The molecule has 2 rings (SSSR count). The van der Waals surface area contributed by atoms with Crippen LogP contribution in [-0.4, -0.2) is 0 Å². The maximum atomic E-state index is 5.12. The molecule has 1 heterocycles. The maximum absolute atomic E-state index is 5.12. The van der Waals surface area contributed by atoms with Crippen molar-refractivity contribution in [2.75, 3.05) is 0 Å². The van der Waals surface area contributed by atoms with Crippen LogP contribution in [0.1, 0.15) is 5.56 Å². The van der Waals surface area contributed by atoms with Gasteiger partial charge in [0.1, 0.15) is 5.75 Å². The van der Waals surface area contributed by atoms with Crippen molar-refractivity contribution in [3.05, 3.63) is 42.2 Å². The average Bonchev–Trinajstić information content (AvgIpc) is 2.05. The van der Waals surface area contributed by atoms with Gasteiger partial charge in [-0.25, -0.2) is 0 Å². The normalized spacial score (nSPS) is 14.0. The highest BCUT2D eigenvalue weighted by atomic mass is 16.5. The molecule has 1 heteroatoms. The van der Waals surface area contributed by atoms with Crippen LogP contribution in [0.15, 0.2) is 30.3 Å². The SMILES string of the molecule is [C]1=CCc2ccccc2O1. The molecule has 1 aromatic rings. The lowest BCUT2D eigenvalue weighted by atomic mass is 10.1. The van der Waals surface area contributed by atoms with Crippen LogP contribution in [0.5, 0.6) is 5.75 Å². The monoisotopic (exact) mass is 131 g/mol. The summed E-state index contributed by atoms with van der Waals surface area (Å²) in [6, 6.07) is 8.00. The minimum absolute atomic E-state index is 0.935. The zero-order chi connectivity index (χ0) is 6.81. The van der Waals surface area contributed by atoms with E-state index in [1.807, 2.05) is 24.3 Å². The van der Waals surface area contributed by atoms with E-state index < -0.39 is 0 Å². The fourth-order valence-corrected chi connectivity index (χ4v) is 1.03. The lowest BCUT2D eigenvalue weighted by molar-refractivity contribution is 0.436. The fourth-order valence-electron chi connectivity index (χ4n) is 1.03. The second-order valence-corrected chi connectivity index (χ2v) is 2.24. The molecule has 0 saturated carbocycles. The Labute approximate surface area is 59.9 Å². The summed E-state index contributed by atoms with van der Waals surface area (Å²) in [6.45, 7) is 0. The number of para-hydroxylation sites is 1. The van der Waals surface area contributed by atoms with E-state index in [1.54, 1.807) is 0 Å². The average molecular weight is 131 g/mol. The standard InChI is InChI=1S/C9H7O/c1-2-6-9-8(4-1)5-3-7-10-9/h1-4,6H,5H2.